The van der Waals surface area contributed by atoms with Gasteiger partial charge in [-0.2, -0.15) is 0 Å². The van der Waals surface area contributed by atoms with Gasteiger partial charge in [0.1, 0.15) is 0 Å². The monoisotopic (exact) mass is 346 g/mol. The SMILES string of the molecule is CC(=O)N(CCC(=O)N1CCN(c2ccccc2)CC1)CCN(C)C. The first kappa shape index (κ1) is 19.2. The number of hydrogen-bond donors (Lipinski definition) is 0. The zero-order valence-corrected chi connectivity index (χ0v) is 15.6. The molecule has 25 heavy (non-hydrogen) atoms. The second-order valence-electron chi connectivity index (χ2n) is 6.76. The molecule has 0 unspecified atom stereocenters. The molecule has 1 aliphatic rings. The van der Waals surface area contributed by atoms with Gasteiger partial charge in [0.15, 0.2) is 0 Å². The summed E-state index contributed by atoms with van der Waals surface area (Å²) in [4.78, 5) is 32.2. The van der Waals surface area contributed by atoms with Crippen LogP contribution in [0.4, 0.5) is 5.69 Å². The molecule has 1 saturated heterocycles. The van der Waals surface area contributed by atoms with Crippen molar-refractivity contribution in [3.63, 3.8) is 0 Å². The van der Waals surface area contributed by atoms with Gasteiger partial charge in [0.25, 0.3) is 0 Å². The molecule has 0 bridgehead atoms. The van der Waals surface area contributed by atoms with E-state index in [1.165, 1.54) is 5.69 Å². The summed E-state index contributed by atoms with van der Waals surface area (Å²) >= 11 is 0. The lowest BCUT2D eigenvalue weighted by Gasteiger charge is -2.36. The molecule has 1 fully saturated rings. The molecule has 0 spiro atoms. The van der Waals surface area contributed by atoms with Gasteiger partial charge < -0.3 is 19.6 Å². The Morgan fingerprint density at radius 1 is 0.960 bits per heavy atom. The maximum Gasteiger partial charge on any atom is 0.224 e. The zero-order valence-electron chi connectivity index (χ0n) is 15.6. The van der Waals surface area contributed by atoms with E-state index >= 15 is 0 Å². The van der Waals surface area contributed by atoms with Crippen molar-refractivity contribution < 1.29 is 9.59 Å². The number of nitrogens with zero attached hydrogens (tertiary/aromatic N) is 4. The van der Waals surface area contributed by atoms with Gasteiger partial charge in [-0.1, -0.05) is 18.2 Å². The topological polar surface area (TPSA) is 47.1 Å². The third kappa shape index (κ3) is 6.05. The molecule has 6 heteroatoms. The number of benzene rings is 1. The summed E-state index contributed by atoms with van der Waals surface area (Å²) in [6.45, 7) is 6.73. The fraction of sp³-hybridized carbons (Fsp3) is 0.579. The quantitative estimate of drug-likeness (QED) is 0.743. The minimum absolute atomic E-state index is 0.0311. The minimum atomic E-state index is 0.0311. The Morgan fingerprint density at radius 2 is 1.60 bits per heavy atom. The second kappa shape index (κ2) is 9.42. The molecule has 2 rings (SSSR count). The van der Waals surface area contributed by atoms with Gasteiger partial charge in [-0.05, 0) is 26.2 Å². The Hall–Kier alpha value is -2.08. The Kier molecular flexibility index (Phi) is 7.25. The van der Waals surface area contributed by atoms with Crippen LogP contribution in [0, 0.1) is 0 Å². The third-order valence-corrected chi connectivity index (χ3v) is 4.61. The average Bonchev–Trinajstić information content (AvgIpc) is 2.62. The van der Waals surface area contributed by atoms with Crippen LogP contribution in [-0.4, -0.2) is 86.4 Å². The van der Waals surface area contributed by atoms with Gasteiger partial charge in [0.2, 0.25) is 11.8 Å². The highest BCUT2D eigenvalue weighted by Crippen LogP contribution is 2.15. The molecule has 0 radical (unpaired) electrons. The molecule has 1 aromatic rings. The van der Waals surface area contributed by atoms with Gasteiger partial charge >= 0.3 is 0 Å². The van der Waals surface area contributed by atoms with Gasteiger partial charge in [-0.25, -0.2) is 0 Å². The second-order valence-corrected chi connectivity index (χ2v) is 6.76. The molecule has 0 atom stereocenters. The van der Waals surface area contributed by atoms with Crippen molar-refractivity contribution in [3.05, 3.63) is 30.3 Å². The van der Waals surface area contributed by atoms with E-state index in [2.05, 4.69) is 17.0 Å². The van der Waals surface area contributed by atoms with Gasteiger partial charge in [-0.3, -0.25) is 9.59 Å². The summed E-state index contributed by atoms with van der Waals surface area (Å²) in [7, 11) is 3.96. The number of para-hydroxylation sites is 1. The van der Waals surface area contributed by atoms with E-state index in [4.69, 9.17) is 0 Å². The summed E-state index contributed by atoms with van der Waals surface area (Å²) in [6, 6.07) is 10.3. The van der Waals surface area contributed by atoms with Gasteiger partial charge in [-0.15, -0.1) is 0 Å². The average molecular weight is 346 g/mol. The first-order valence-electron chi connectivity index (χ1n) is 8.95. The van der Waals surface area contributed by atoms with Crippen LogP contribution in [0.15, 0.2) is 30.3 Å². The number of rotatable bonds is 7. The fourth-order valence-corrected chi connectivity index (χ4v) is 2.99. The lowest BCUT2D eigenvalue weighted by atomic mass is 10.2. The smallest absolute Gasteiger partial charge is 0.224 e. The molecule has 6 nitrogen and oxygen atoms in total. The van der Waals surface area contributed by atoms with Crippen molar-refractivity contribution in [2.24, 2.45) is 0 Å². The van der Waals surface area contributed by atoms with E-state index in [-0.39, 0.29) is 11.8 Å². The highest BCUT2D eigenvalue weighted by atomic mass is 16.2. The van der Waals surface area contributed by atoms with Crippen molar-refractivity contribution in [1.29, 1.82) is 0 Å². The number of carbonyl (C=O) groups is 2. The molecule has 0 saturated carbocycles. The van der Waals surface area contributed by atoms with Crippen molar-refractivity contribution in [3.8, 4) is 0 Å². The highest BCUT2D eigenvalue weighted by Gasteiger charge is 2.22. The van der Waals surface area contributed by atoms with E-state index in [0.717, 1.165) is 32.7 Å². The third-order valence-electron chi connectivity index (χ3n) is 4.61. The number of hydrogen-bond acceptors (Lipinski definition) is 4. The summed E-state index contributed by atoms with van der Waals surface area (Å²) in [5.74, 6) is 0.173. The van der Waals surface area contributed by atoms with Crippen molar-refractivity contribution in [2.45, 2.75) is 13.3 Å². The molecule has 1 heterocycles. The summed E-state index contributed by atoms with van der Waals surface area (Å²) in [5.41, 5.74) is 1.21. The zero-order chi connectivity index (χ0) is 18.2. The largest absolute Gasteiger partial charge is 0.368 e. The Bertz CT molecular complexity index is 554. The van der Waals surface area contributed by atoms with Crippen LogP contribution in [0.5, 0.6) is 0 Å². The Balaban J connectivity index is 1.77. The number of anilines is 1. The lowest BCUT2D eigenvalue weighted by molar-refractivity contribution is -0.133. The maximum atomic E-state index is 12.5. The van der Waals surface area contributed by atoms with E-state index in [0.29, 0.717) is 19.5 Å². The first-order valence-corrected chi connectivity index (χ1v) is 8.95. The molecule has 138 valence electrons. The number of piperazine rings is 1. The number of amides is 2. The fourth-order valence-electron chi connectivity index (χ4n) is 2.99. The summed E-state index contributed by atoms with van der Waals surface area (Å²) < 4.78 is 0. The normalized spacial score (nSPS) is 14.7. The summed E-state index contributed by atoms with van der Waals surface area (Å²) in [6.07, 6.45) is 0.401. The molecule has 1 aromatic carbocycles. The van der Waals surface area contributed by atoms with Gasteiger partial charge in [0.05, 0.1) is 0 Å². The van der Waals surface area contributed by atoms with Crippen LogP contribution in [0.3, 0.4) is 0 Å². The lowest BCUT2D eigenvalue weighted by Crippen LogP contribution is -2.49. The standard InChI is InChI=1S/C19H30N4O2/c1-17(24)21(12-11-20(2)3)10-9-19(25)23-15-13-22(14-16-23)18-7-5-4-6-8-18/h4-8H,9-16H2,1-3H3. The minimum Gasteiger partial charge on any atom is -0.368 e. The van der Waals surface area contributed by atoms with E-state index in [9.17, 15) is 9.59 Å². The van der Waals surface area contributed by atoms with Crippen LogP contribution in [0.1, 0.15) is 13.3 Å². The predicted octanol–water partition coefficient (Wildman–Crippen LogP) is 1.14. The van der Waals surface area contributed by atoms with Crippen LogP contribution < -0.4 is 4.90 Å². The van der Waals surface area contributed by atoms with Crippen molar-refractivity contribution >= 4 is 17.5 Å². The van der Waals surface area contributed by atoms with Crippen LogP contribution in [0.25, 0.3) is 0 Å². The first-order chi connectivity index (χ1) is 12.0. The van der Waals surface area contributed by atoms with Crippen LogP contribution in [-0.2, 0) is 9.59 Å². The summed E-state index contributed by atoms with van der Waals surface area (Å²) in [5, 5.41) is 0. The van der Waals surface area contributed by atoms with Crippen molar-refractivity contribution in [2.75, 3.05) is 64.8 Å². The van der Waals surface area contributed by atoms with E-state index in [1.807, 2.05) is 42.1 Å². The molecule has 0 N–H and O–H groups in total. The molecule has 2 amide bonds. The maximum absolute atomic E-state index is 12.5. The van der Waals surface area contributed by atoms with Gasteiger partial charge in [0, 0.05) is 64.8 Å². The number of carbonyl (C=O) groups excluding carboxylic acids is 2. The van der Waals surface area contributed by atoms with Crippen LogP contribution >= 0.6 is 0 Å². The molecular formula is C19H30N4O2. The Labute approximate surface area is 151 Å². The molecule has 1 aliphatic heterocycles. The van der Waals surface area contributed by atoms with E-state index in [1.54, 1.807) is 11.8 Å². The predicted molar refractivity (Wildman–Crippen MR) is 101 cm³/mol. The molecule has 0 aliphatic carbocycles. The van der Waals surface area contributed by atoms with E-state index < -0.39 is 0 Å². The number of likely N-dealkylation sites (N-methyl/N-ethyl adjacent to an activating group) is 1. The van der Waals surface area contributed by atoms with Crippen LogP contribution in [0.2, 0.25) is 0 Å². The van der Waals surface area contributed by atoms with Crippen molar-refractivity contribution in [1.82, 2.24) is 14.7 Å². The molecular weight excluding hydrogens is 316 g/mol. The Morgan fingerprint density at radius 3 is 2.16 bits per heavy atom. The highest BCUT2D eigenvalue weighted by molar-refractivity contribution is 5.78. The molecule has 0 aromatic heterocycles.